The summed E-state index contributed by atoms with van der Waals surface area (Å²) in [6, 6.07) is 8.65. The maximum absolute atomic E-state index is 13.1. The molecule has 2 aliphatic heterocycles. The normalized spacial score (nSPS) is 19.6. The lowest BCUT2D eigenvalue weighted by molar-refractivity contribution is -0.123. The van der Waals surface area contributed by atoms with Crippen LogP contribution >= 0.6 is 0 Å². The zero-order valence-corrected chi connectivity index (χ0v) is 18.7. The Kier molecular flexibility index (Phi) is 7.32. The number of imide groups is 1. The van der Waals surface area contributed by atoms with Gasteiger partial charge in [-0.1, -0.05) is 26.2 Å². The number of nitrogens with zero attached hydrogens (tertiary/aromatic N) is 5. The van der Waals surface area contributed by atoms with E-state index in [4.69, 9.17) is 4.74 Å². The number of ether oxygens (including phenoxy) is 1. The van der Waals surface area contributed by atoms with Gasteiger partial charge in [0.2, 0.25) is 11.9 Å². The second kappa shape index (κ2) is 10.5. The summed E-state index contributed by atoms with van der Waals surface area (Å²) in [6.07, 6.45) is 8.30. The highest BCUT2D eigenvalue weighted by atomic mass is 16.5. The Morgan fingerprint density at radius 2 is 1.69 bits per heavy atom. The molecule has 0 aliphatic carbocycles. The first-order valence-electron chi connectivity index (χ1n) is 11.5. The molecule has 2 fully saturated rings. The van der Waals surface area contributed by atoms with Crippen LogP contribution in [-0.2, 0) is 9.59 Å². The third-order valence-corrected chi connectivity index (χ3v) is 6.07. The van der Waals surface area contributed by atoms with E-state index in [2.05, 4.69) is 26.7 Å². The summed E-state index contributed by atoms with van der Waals surface area (Å²) in [7, 11) is 0. The van der Waals surface area contributed by atoms with Crippen molar-refractivity contribution in [2.24, 2.45) is 0 Å². The second-order valence-electron chi connectivity index (χ2n) is 8.26. The third kappa shape index (κ3) is 5.07. The Morgan fingerprint density at radius 3 is 2.38 bits per heavy atom. The van der Waals surface area contributed by atoms with Crippen molar-refractivity contribution in [3.63, 3.8) is 0 Å². The van der Waals surface area contributed by atoms with E-state index in [0.29, 0.717) is 31.3 Å². The van der Waals surface area contributed by atoms with E-state index in [1.165, 1.54) is 24.2 Å². The van der Waals surface area contributed by atoms with Crippen LogP contribution in [0, 0.1) is 0 Å². The first kappa shape index (κ1) is 22.2. The van der Waals surface area contributed by atoms with Crippen molar-refractivity contribution in [1.29, 1.82) is 0 Å². The molecule has 8 heteroatoms. The second-order valence-corrected chi connectivity index (χ2v) is 8.26. The molecular weight excluding hydrogens is 406 g/mol. The molecule has 2 amide bonds. The van der Waals surface area contributed by atoms with Gasteiger partial charge >= 0.3 is 0 Å². The predicted molar refractivity (Wildman–Crippen MR) is 123 cm³/mol. The van der Waals surface area contributed by atoms with Gasteiger partial charge in [0.05, 0.1) is 24.8 Å². The molecule has 1 atom stereocenters. The molecule has 0 bridgehead atoms. The zero-order chi connectivity index (χ0) is 22.3. The Balaban J connectivity index is 1.32. The van der Waals surface area contributed by atoms with E-state index in [-0.39, 0.29) is 18.2 Å². The molecule has 1 aromatic heterocycles. The summed E-state index contributed by atoms with van der Waals surface area (Å²) in [5.74, 6) is 1.17. The molecular formula is C24H31N5O3. The molecule has 0 radical (unpaired) electrons. The highest BCUT2D eigenvalue weighted by molar-refractivity contribution is 6.22. The van der Waals surface area contributed by atoms with Gasteiger partial charge in [-0.2, -0.15) is 0 Å². The highest BCUT2D eigenvalue weighted by Gasteiger charge is 2.43. The van der Waals surface area contributed by atoms with Crippen LogP contribution in [-0.4, -0.2) is 65.5 Å². The summed E-state index contributed by atoms with van der Waals surface area (Å²) < 4.78 is 5.78. The number of anilines is 2. The van der Waals surface area contributed by atoms with Gasteiger partial charge in [0.25, 0.3) is 5.91 Å². The van der Waals surface area contributed by atoms with Crippen LogP contribution in [0.25, 0.3) is 0 Å². The largest absolute Gasteiger partial charge is 0.494 e. The summed E-state index contributed by atoms with van der Waals surface area (Å²) in [6.45, 7) is 5.72. The molecule has 0 saturated carbocycles. The molecule has 0 spiro atoms. The number of benzene rings is 1. The average Bonchev–Trinajstić information content (AvgIpc) is 3.14. The summed E-state index contributed by atoms with van der Waals surface area (Å²) in [5.41, 5.74) is 0.608. The highest BCUT2D eigenvalue weighted by Crippen LogP contribution is 2.28. The topological polar surface area (TPSA) is 78.9 Å². The monoisotopic (exact) mass is 437 g/mol. The van der Waals surface area contributed by atoms with Crippen LogP contribution in [0.15, 0.2) is 42.7 Å². The van der Waals surface area contributed by atoms with Gasteiger partial charge in [0, 0.05) is 38.6 Å². The van der Waals surface area contributed by atoms with Gasteiger partial charge in [0.15, 0.2) is 0 Å². The minimum absolute atomic E-state index is 0.146. The van der Waals surface area contributed by atoms with Gasteiger partial charge < -0.3 is 9.64 Å². The zero-order valence-electron chi connectivity index (χ0n) is 18.7. The molecule has 2 saturated heterocycles. The average molecular weight is 438 g/mol. The van der Waals surface area contributed by atoms with Crippen LogP contribution in [0.3, 0.4) is 0 Å². The summed E-state index contributed by atoms with van der Waals surface area (Å²) in [4.78, 5) is 39.9. The minimum atomic E-state index is -0.407. The lowest BCUT2D eigenvalue weighted by Crippen LogP contribution is -2.53. The van der Waals surface area contributed by atoms with Gasteiger partial charge in [-0.3, -0.25) is 14.5 Å². The fraction of sp³-hybridized carbons (Fsp3) is 0.500. The number of aromatic nitrogens is 2. The Morgan fingerprint density at radius 1 is 0.969 bits per heavy atom. The van der Waals surface area contributed by atoms with Crippen LogP contribution in [0.5, 0.6) is 5.75 Å². The fourth-order valence-electron chi connectivity index (χ4n) is 4.27. The van der Waals surface area contributed by atoms with E-state index in [0.717, 1.165) is 25.3 Å². The predicted octanol–water partition coefficient (Wildman–Crippen LogP) is 2.89. The summed E-state index contributed by atoms with van der Waals surface area (Å²) >= 11 is 0. The van der Waals surface area contributed by atoms with Crippen molar-refractivity contribution in [3.8, 4) is 5.75 Å². The maximum Gasteiger partial charge on any atom is 0.251 e. The quantitative estimate of drug-likeness (QED) is 0.441. The first-order valence-corrected chi connectivity index (χ1v) is 11.5. The van der Waals surface area contributed by atoms with Crippen molar-refractivity contribution >= 4 is 23.5 Å². The van der Waals surface area contributed by atoms with Crippen molar-refractivity contribution in [2.75, 3.05) is 42.6 Å². The van der Waals surface area contributed by atoms with Gasteiger partial charge in [-0.05, 0) is 36.8 Å². The molecule has 8 nitrogen and oxygen atoms in total. The lowest BCUT2D eigenvalue weighted by Gasteiger charge is -2.36. The molecule has 170 valence electrons. The molecule has 1 aromatic carbocycles. The van der Waals surface area contributed by atoms with E-state index in [1.54, 1.807) is 30.6 Å². The Labute approximate surface area is 189 Å². The molecule has 2 aliphatic rings. The molecule has 2 aromatic rings. The van der Waals surface area contributed by atoms with Gasteiger partial charge in [0.1, 0.15) is 5.75 Å². The third-order valence-electron chi connectivity index (χ3n) is 6.07. The maximum atomic E-state index is 13.1. The van der Waals surface area contributed by atoms with Crippen molar-refractivity contribution < 1.29 is 14.3 Å². The Bertz CT molecular complexity index is 898. The smallest absolute Gasteiger partial charge is 0.251 e. The molecule has 32 heavy (non-hydrogen) atoms. The molecule has 4 rings (SSSR count). The molecule has 1 unspecified atom stereocenters. The summed E-state index contributed by atoms with van der Waals surface area (Å²) in [5, 5.41) is 0. The van der Waals surface area contributed by atoms with Crippen LogP contribution < -0.4 is 14.5 Å². The SMILES string of the molecule is CCCCCCOc1ccc(N2C(=O)CC(N3CCN(c4ncccn4)CC3)C2=O)cc1. The van der Waals surface area contributed by atoms with Crippen molar-refractivity contribution in [2.45, 2.75) is 45.1 Å². The number of amides is 2. The number of rotatable bonds is 9. The number of carbonyl (C=O) groups is 2. The van der Waals surface area contributed by atoms with E-state index in [1.807, 2.05) is 12.1 Å². The molecule has 3 heterocycles. The minimum Gasteiger partial charge on any atom is -0.494 e. The number of carbonyl (C=O) groups excluding carboxylic acids is 2. The van der Waals surface area contributed by atoms with Crippen LogP contribution in [0.1, 0.15) is 39.0 Å². The van der Waals surface area contributed by atoms with Gasteiger partial charge in [-0.25, -0.2) is 14.9 Å². The van der Waals surface area contributed by atoms with Gasteiger partial charge in [-0.15, -0.1) is 0 Å². The number of hydrogen-bond donors (Lipinski definition) is 0. The Hall–Kier alpha value is -3.00. The lowest BCUT2D eigenvalue weighted by atomic mass is 10.2. The van der Waals surface area contributed by atoms with Crippen LogP contribution in [0.4, 0.5) is 11.6 Å². The van der Waals surface area contributed by atoms with Crippen molar-refractivity contribution in [1.82, 2.24) is 14.9 Å². The first-order chi connectivity index (χ1) is 15.7. The van der Waals surface area contributed by atoms with E-state index in [9.17, 15) is 9.59 Å². The van der Waals surface area contributed by atoms with Crippen LogP contribution in [0.2, 0.25) is 0 Å². The fourth-order valence-corrected chi connectivity index (χ4v) is 4.27. The number of hydrogen-bond acceptors (Lipinski definition) is 7. The van der Waals surface area contributed by atoms with Crippen molar-refractivity contribution in [3.05, 3.63) is 42.7 Å². The van der Waals surface area contributed by atoms with E-state index < -0.39 is 6.04 Å². The number of piperazine rings is 1. The number of unbranched alkanes of at least 4 members (excludes halogenated alkanes) is 3. The van der Waals surface area contributed by atoms with E-state index >= 15 is 0 Å². The standard InChI is InChI=1S/C24H31N5O3/c1-2-3-4-5-17-32-20-9-7-19(8-10-20)29-22(30)18-21(23(29)31)27-13-15-28(16-14-27)24-25-11-6-12-26-24/h6-12,21H,2-5,13-18H2,1H3. The molecule has 0 N–H and O–H groups in total.